The van der Waals surface area contributed by atoms with Gasteiger partial charge in [-0.15, -0.1) is 0 Å². The Kier molecular flexibility index (Phi) is 7.05. The summed E-state index contributed by atoms with van der Waals surface area (Å²) in [5.41, 5.74) is 2.36. The lowest BCUT2D eigenvalue weighted by Gasteiger charge is -2.10. The van der Waals surface area contributed by atoms with Gasteiger partial charge in [-0.05, 0) is 24.6 Å². The van der Waals surface area contributed by atoms with Gasteiger partial charge in [0.2, 0.25) is 6.41 Å². The highest BCUT2D eigenvalue weighted by atomic mass is 16.5. The van der Waals surface area contributed by atoms with Crippen LogP contribution in [0.5, 0.6) is 5.75 Å². The monoisotopic (exact) mass is 297 g/mol. The molecule has 0 radical (unpaired) electrons. The highest BCUT2D eigenvalue weighted by Gasteiger charge is 2.06. The fourth-order valence-corrected chi connectivity index (χ4v) is 1.72. The van der Waals surface area contributed by atoms with Crippen LogP contribution < -0.4 is 10.1 Å². The summed E-state index contributed by atoms with van der Waals surface area (Å²) in [6.45, 7) is 9.25. The lowest BCUT2D eigenvalue weighted by molar-refractivity contribution is -0.105. The molecule has 1 aromatic heterocycles. The number of nitrogens with zero attached hydrogens (tertiary/aromatic N) is 2. The normalized spacial score (nSPS) is 9.00. The van der Waals surface area contributed by atoms with E-state index < -0.39 is 0 Å². The van der Waals surface area contributed by atoms with E-state index >= 15 is 0 Å². The summed E-state index contributed by atoms with van der Waals surface area (Å²) in [5, 5.41) is 2.60. The number of methoxy groups -OCH3 is 1. The van der Waals surface area contributed by atoms with E-state index in [1.165, 1.54) is 0 Å². The largest absolute Gasteiger partial charge is 0.497 e. The van der Waals surface area contributed by atoms with Crippen molar-refractivity contribution < 1.29 is 9.53 Å². The molecule has 114 valence electrons. The molecule has 5 nitrogen and oxygen atoms in total. The zero-order valence-corrected chi connectivity index (χ0v) is 12.7. The van der Waals surface area contributed by atoms with Gasteiger partial charge in [0.1, 0.15) is 11.6 Å². The second-order valence-electron chi connectivity index (χ2n) is 4.14. The van der Waals surface area contributed by atoms with E-state index in [9.17, 15) is 4.79 Å². The molecule has 1 aromatic carbocycles. The number of carbonyl (C=O) groups is 1. The van der Waals surface area contributed by atoms with Crippen molar-refractivity contribution in [3.63, 3.8) is 0 Å². The van der Waals surface area contributed by atoms with Gasteiger partial charge in [-0.25, -0.2) is 9.97 Å². The second kappa shape index (κ2) is 9.07. The van der Waals surface area contributed by atoms with Crippen LogP contribution >= 0.6 is 0 Å². The maximum Gasteiger partial charge on any atom is 0.211 e. The summed E-state index contributed by atoms with van der Waals surface area (Å²) >= 11 is 0. The van der Waals surface area contributed by atoms with Gasteiger partial charge in [0, 0.05) is 24.0 Å². The number of aryl methyl sites for hydroxylation is 1. The first-order chi connectivity index (χ1) is 10.7. The van der Waals surface area contributed by atoms with Crippen LogP contribution in [-0.4, -0.2) is 23.5 Å². The third-order valence-electron chi connectivity index (χ3n) is 2.75. The summed E-state index contributed by atoms with van der Waals surface area (Å²) in [4.78, 5) is 18.2. The molecule has 0 saturated heterocycles. The van der Waals surface area contributed by atoms with E-state index in [4.69, 9.17) is 4.74 Å². The van der Waals surface area contributed by atoms with Gasteiger partial charge >= 0.3 is 0 Å². The van der Waals surface area contributed by atoms with Crippen molar-refractivity contribution in [2.24, 2.45) is 0 Å². The summed E-state index contributed by atoms with van der Waals surface area (Å²) in [7, 11) is 1.57. The third kappa shape index (κ3) is 4.86. The van der Waals surface area contributed by atoms with E-state index in [0.717, 1.165) is 17.0 Å². The number of amides is 1. The lowest BCUT2D eigenvalue weighted by atomic mass is 10.0. The van der Waals surface area contributed by atoms with Crippen LogP contribution in [0.3, 0.4) is 0 Å². The predicted octanol–water partition coefficient (Wildman–Crippen LogP) is 3.33. The van der Waals surface area contributed by atoms with Crippen LogP contribution in [0.4, 0.5) is 5.69 Å². The van der Waals surface area contributed by atoms with E-state index in [-0.39, 0.29) is 0 Å². The SMILES string of the molecule is C=Cc1cc(OC)cc(NC=O)c1C=C.Cc1ncccn1. The van der Waals surface area contributed by atoms with Gasteiger partial charge in [0.25, 0.3) is 0 Å². The van der Waals surface area contributed by atoms with Gasteiger partial charge in [-0.3, -0.25) is 4.79 Å². The van der Waals surface area contributed by atoms with Crippen LogP contribution in [0.2, 0.25) is 0 Å². The molecule has 0 saturated carbocycles. The number of anilines is 1. The lowest BCUT2D eigenvalue weighted by Crippen LogP contribution is -1.99. The van der Waals surface area contributed by atoms with Crippen molar-refractivity contribution >= 4 is 24.2 Å². The summed E-state index contributed by atoms with van der Waals surface area (Å²) in [6.07, 6.45) is 7.43. The van der Waals surface area contributed by atoms with Crippen molar-refractivity contribution in [2.75, 3.05) is 12.4 Å². The highest BCUT2D eigenvalue weighted by Crippen LogP contribution is 2.28. The van der Waals surface area contributed by atoms with Crippen LogP contribution in [0.1, 0.15) is 17.0 Å². The minimum Gasteiger partial charge on any atom is -0.497 e. The van der Waals surface area contributed by atoms with Gasteiger partial charge in [-0.1, -0.05) is 25.3 Å². The Balaban J connectivity index is 0.000000287. The average molecular weight is 297 g/mol. The van der Waals surface area contributed by atoms with Gasteiger partial charge in [0.15, 0.2) is 0 Å². The van der Waals surface area contributed by atoms with Crippen molar-refractivity contribution in [3.8, 4) is 5.75 Å². The molecule has 1 amide bonds. The molecule has 22 heavy (non-hydrogen) atoms. The number of benzene rings is 1. The number of carbonyl (C=O) groups excluding carboxylic acids is 1. The topological polar surface area (TPSA) is 64.1 Å². The van der Waals surface area contributed by atoms with Crippen LogP contribution in [-0.2, 0) is 4.79 Å². The maximum atomic E-state index is 10.4. The molecule has 1 heterocycles. The Morgan fingerprint density at radius 3 is 2.27 bits per heavy atom. The predicted molar refractivity (Wildman–Crippen MR) is 89.6 cm³/mol. The fourth-order valence-electron chi connectivity index (χ4n) is 1.72. The van der Waals surface area contributed by atoms with Crippen molar-refractivity contribution in [2.45, 2.75) is 6.92 Å². The summed E-state index contributed by atoms with van der Waals surface area (Å²) in [6, 6.07) is 5.37. The minimum absolute atomic E-state index is 0.620. The molecule has 5 heteroatoms. The van der Waals surface area contributed by atoms with E-state index in [1.807, 2.05) is 13.0 Å². The third-order valence-corrected chi connectivity index (χ3v) is 2.75. The zero-order valence-electron chi connectivity index (χ0n) is 12.7. The first-order valence-corrected chi connectivity index (χ1v) is 6.57. The molecule has 0 aliphatic rings. The molecule has 0 fully saturated rings. The molecule has 0 aliphatic carbocycles. The number of hydrogen-bond donors (Lipinski definition) is 1. The molecule has 0 unspecified atom stereocenters. The molecule has 2 aromatic rings. The molecule has 0 atom stereocenters. The highest BCUT2D eigenvalue weighted by molar-refractivity contribution is 5.83. The molecule has 2 rings (SSSR count). The quantitative estimate of drug-likeness (QED) is 0.860. The van der Waals surface area contributed by atoms with Crippen LogP contribution in [0, 0.1) is 6.92 Å². The zero-order chi connectivity index (χ0) is 16.4. The van der Waals surface area contributed by atoms with E-state index in [2.05, 4.69) is 28.4 Å². The summed E-state index contributed by atoms with van der Waals surface area (Å²) < 4.78 is 5.11. The molecule has 0 aliphatic heterocycles. The van der Waals surface area contributed by atoms with Crippen LogP contribution in [0.25, 0.3) is 12.2 Å². The van der Waals surface area contributed by atoms with Crippen molar-refractivity contribution in [1.82, 2.24) is 9.97 Å². The Hall–Kier alpha value is -2.95. The van der Waals surface area contributed by atoms with E-state index in [0.29, 0.717) is 17.8 Å². The summed E-state index contributed by atoms with van der Waals surface area (Å²) in [5.74, 6) is 1.49. The number of rotatable bonds is 5. The molecule has 1 N–H and O–H groups in total. The smallest absolute Gasteiger partial charge is 0.211 e. The Bertz CT molecular complexity index is 640. The fraction of sp³-hybridized carbons (Fsp3) is 0.118. The maximum absolute atomic E-state index is 10.4. The number of nitrogens with one attached hydrogen (secondary N) is 1. The molecular weight excluding hydrogens is 278 g/mol. The van der Waals surface area contributed by atoms with Gasteiger partial charge in [-0.2, -0.15) is 0 Å². The molecule has 0 spiro atoms. The first kappa shape index (κ1) is 17.1. The Labute approximate surface area is 130 Å². The number of ether oxygens (including phenoxy) is 1. The molecular formula is C17H19N3O2. The van der Waals surface area contributed by atoms with E-state index in [1.54, 1.807) is 43.8 Å². The van der Waals surface area contributed by atoms with Crippen LogP contribution in [0.15, 0.2) is 43.8 Å². The number of hydrogen-bond acceptors (Lipinski definition) is 4. The van der Waals surface area contributed by atoms with Gasteiger partial charge < -0.3 is 10.1 Å². The van der Waals surface area contributed by atoms with Gasteiger partial charge in [0.05, 0.1) is 12.8 Å². The second-order valence-corrected chi connectivity index (χ2v) is 4.14. The minimum atomic E-state index is 0.620. The standard InChI is InChI=1S/C12H13NO2.C5H6N2/c1-4-9-6-10(15-3)7-12(13-8-14)11(9)5-2;1-5-6-3-2-4-7-5/h4-8H,1-2H2,3H3,(H,13,14);2-4H,1H3. The number of aromatic nitrogens is 2. The average Bonchev–Trinajstić information content (AvgIpc) is 2.55. The Morgan fingerprint density at radius 2 is 1.86 bits per heavy atom. The van der Waals surface area contributed by atoms with Crippen molar-refractivity contribution in [3.05, 3.63) is 60.7 Å². The Morgan fingerprint density at radius 1 is 1.18 bits per heavy atom. The van der Waals surface area contributed by atoms with Crippen molar-refractivity contribution in [1.29, 1.82) is 0 Å². The first-order valence-electron chi connectivity index (χ1n) is 6.57. The molecule has 0 bridgehead atoms.